The monoisotopic (exact) mass is 414 g/mol. The number of hydrogen-bond acceptors (Lipinski definition) is 5. The molecule has 0 aliphatic carbocycles. The molecule has 1 aromatic heterocycles. The first-order valence-electron chi connectivity index (χ1n) is 7.70. The number of halogens is 1. The molecule has 3 rings (SSSR count). The number of methoxy groups -OCH3 is 1. The lowest BCUT2D eigenvalue weighted by Crippen LogP contribution is -2.22. The Bertz CT molecular complexity index is 1050. The summed E-state index contributed by atoms with van der Waals surface area (Å²) >= 11 is 3.38. The number of hydrazone groups is 1. The third-order valence-electron chi connectivity index (χ3n) is 3.69. The van der Waals surface area contributed by atoms with Gasteiger partial charge in [0.2, 0.25) is 5.91 Å². The van der Waals surface area contributed by atoms with E-state index in [4.69, 9.17) is 4.74 Å². The van der Waals surface area contributed by atoms with Gasteiger partial charge in [-0.05, 0) is 24.3 Å². The molecule has 0 saturated heterocycles. The first-order valence-corrected chi connectivity index (χ1v) is 8.49. The molecule has 2 aromatic carbocycles. The number of rotatable bonds is 5. The summed E-state index contributed by atoms with van der Waals surface area (Å²) in [6.07, 6.45) is 1.49. The summed E-state index contributed by atoms with van der Waals surface area (Å²) in [5.41, 5.74) is 3.37. The van der Waals surface area contributed by atoms with E-state index in [2.05, 4.69) is 36.7 Å². The molecule has 0 aliphatic heterocycles. The van der Waals surface area contributed by atoms with Crippen LogP contribution in [0.2, 0.25) is 0 Å². The maximum atomic E-state index is 12.2. The van der Waals surface area contributed by atoms with Gasteiger partial charge in [0.25, 0.3) is 5.56 Å². The van der Waals surface area contributed by atoms with Gasteiger partial charge in [0.1, 0.15) is 5.75 Å². The van der Waals surface area contributed by atoms with E-state index in [1.165, 1.54) is 6.21 Å². The van der Waals surface area contributed by atoms with Crippen LogP contribution in [-0.2, 0) is 11.2 Å². The van der Waals surface area contributed by atoms with Crippen molar-refractivity contribution in [2.45, 2.75) is 6.42 Å². The van der Waals surface area contributed by atoms with Gasteiger partial charge in [-0.2, -0.15) is 10.2 Å². The number of fused-ring (bicyclic) bond motifs is 1. The van der Waals surface area contributed by atoms with Gasteiger partial charge >= 0.3 is 0 Å². The fourth-order valence-corrected chi connectivity index (χ4v) is 2.86. The molecule has 26 heavy (non-hydrogen) atoms. The van der Waals surface area contributed by atoms with E-state index >= 15 is 0 Å². The zero-order chi connectivity index (χ0) is 18.5. The van der Waals surface area contributed by atoms with Crippen LogP contribution in [0, 0.1) is 0 Å². The number of nitrogens with one attached hydrogen (secondary N) is 2. The van der Waals surface area contributed by atoms with Crippen LogP contribution in [0.5, 0.6) is 5.75 Å². The van der Waals surface area contributed by atoms with Crippen LogP contribution >= 0.6 is 15.9 Å². The highest BCUT2D eigenvalue weighted by Gasteiger charge is 2.10. The molecule has 3 aromatic rings. The van der Waals surface area contributed by atoms with Gasteiger partial charge in [0, 0.05) is 15.4 Å². The molecule has 0 fully saturated rings. The van der Waals surface area contributed by atoms with Crippen LogP contribution < -0.4 is 15.7 Å². The molecular weight excluding hydrogens is 400 g/mol. The number of aromatic amines is 1. The Labute approximate surface area is 157 Å². The van der Waals surface area contributed by atoms with E-state index in [-0.39, 0.29) is 17.9 Å². The number of nitrogens with zero attached hydrogens (tertiary/aromatic N) is 2. The maximum absolute atomic E-state index is 12.2. The van der Waals surface area contributed by atoms with Gasteiger partial charge < -0.3 is 4.74 Å². The van der Waals surface area contributed by atoms with E-state index in [1.54, 1.807) is 37.4 Å². The lowest BCUT2D eigenvalue weighted by Gasteiger charge is -2.05. The largest absolute Gasteiger partial charge is 0.496 e. The highest BCUT2D eigenvalue weighted by Crippen LogP contribution is 2.21. The minimum atomic E-state index is -0.347. The summed E-state index contributed by atoms with van der Waals surface area (Å²) in [5.74, 6) is 0.291. The fourth-order valence-electron chi connectivity index (χ4n) is 2.48. The Hall–Kier alpha value is -3.00. The first kappa shape index (κ1) is 17.8. The number of benzene rings is 2. The van der Waals surface area contributed by atoms with E-state index in [1.807, 2.05) is 12.1 Å². The molecule has 0 bridgehead atoms. The van der Waals surface area contributed by atoms with Crippen molar-refractivity contribution in [3.8, 4) is 5.75 Å². The Morgan fingerprint density at radius 1 is 1.31 bits per heavy atom. The average Bonchev–Trinajstić information content (AvgIpc) is 2.64. The summed E-state index contributed by atoms with van der Waals surface area (Å²) in [5, 5.41) is 11.5. The van der Waals surface area contributed by atoms with Crippen molar-refractivity contribution in [1.29, 1.82) is 0 Å². The van der Waals surface area contributed by atoms with Crippen LogP contribution in [-0.4, -0.2) is 29.4 Å². The number of hydrogen-bond donors (Lipinski definition) is 2. The number of H-pyrrole nitrogens is 1. The van der Waals surface area contributed by atoms with Crippen molar-refractivity contribution in [2.24, 2.45) is 5.10 Å². The molecule has 0 spiro atoms. The highest BCUT2D eigenvalue weighted by atomic mass is 79.9. The molecule has 132 valence electrons. The molecule has 2 N–H and O–H groups in total. The van der Waals surface area contributed by atoms with Gasteiger partial charge in [0.05, 0.1) is 30.8 Å². The molecule has 0 radical (unpaired) electrons. The van der Waals surface area contributed by atoms with Crippen LogP contribution in [0.25, 0.3) is 10.8 Å². The second-order valence-electron chi connectivity index (χ2n) is 5.40. The molecule has 1 heterocycles. The van der Waals surface area contributed by atoms with E-state index in [9.17, 15) is 9.59 Å². The van der Waals surface area contributed by atoms with Crippen molar-refractivity contribution in [3.63, 3.8) is 0 Å². The van der Waals surface area contributed by atoms with Crippen LogP contribution in [0.4, 0.5) is 0 Å². The van der Waals surface area contributed by atoms with Gasteiger partial charge in [-0.3, -0.25) is 9.59 Å². The third kappa shape index (κ3) is 3.97. The average molecular weight is 415 g/mol. The number of amides is 1. The molecule has 1 amide bonds. The molecule has 7 nitrogen and oxygen atoms in total. The fraction of sp³-hybridized carbons (Fsp3) is 0.111. The SMILES string of the molecule is COc1ccc(Br)cc1C=NNC(=O)Cc1n[nH]c(=O)c2ccccc12. The molecule has 0 saturated carbocycles. The van der Waals surface area contributed by atoms with E-state index in [0.717, 1.165) is 10.0 Å². The maximum Gasteiger partial charge on any atom is 0.272 e. The summed E-state index contributed by atoms with van der Waals surface area (Å²) in [7, 11) is 1.56. The number of carbonyl (C=O) groups is 1. The van der Waals surface area contributed by atoms with Gasteiger partial charge in [-0.1, -0.05) is 34.1 Å². The lowest BCUT2D eigenvalue weighted by molar-refractivity contribution is -0.120. The number of ether oxygens (including phenoxy) is 1. The second-order valence-corrected chi connectivity index (χ2v) is 6.32. The van der Waals surface area contributed by atoms with Crippen LogP contribution in [0.3, 0.4) is 0 Å². The normalized spacial score (nSPS) is 11.0. The van der Waals surface area contributed by atoms with E-state index < -0.39 is 0 Å². The zero-order valence-corrected chi connectivity index (χ0v) is 15.4. The number of aromatic nitrogens is 2. The predicted molar refractivity (Wildman–Crippen MR) is 102 cm³/mol. The van der Waals surface area contributed by atoms with Crippen LogP contribution in [0.1, 0.15) is 11.3 Å². The first-order chi connectivity index (χ1) is 12.6. The van der Waals surface area contributed by atoms with Gasteiger partial charge in [0.15, 0.2) is 0 Å². The second kappa shape index (κ2) is 7.92. The van der Waals surface area contributed by atoms with Crippen molar-refractivity contribution >= 4 is 38.8 Å². The summed E-state index contributed by atoms with van der Waals surface area (Å²) < 4.78 is 6.11. The Morgan fingerprint density at radius 2 is 2.08 bits per heavy atom. The highest BCUT2D eigenvalue weighted by molar-refractivity contribution is 9.10. The molecule has 8 heteroatoms. The topological polar surface area (TPSA) is 96.4 Å². The summed E-state index contributed by atoms with van der Waals surface area (Å²) in [6, 6.07) is 12.5. The standard InChI is InChI=1S/C18H15BrN4O3/c1-26-16-7-6-12(19)8-11(16)10-20-22-17(24)9-15-13-4-2-3-5-14(13)18(25)23-21-15/h2-8,10H,9H2,1H3,(H,22,24)(H,23,25). The molecule has 0 atom stereocenters. The van der Waals surface area contributed by atoms with Gasteiger partial charge in [-0.25, -0.2) is 10.5 Å². The summed E-state index contributed by atoms with van der Waals surface area (Å²) in [4.78, 5) is 23.9. The minimum Gasteiger partial charge on any atom is -0.496 e. The predicted octanol–water partition coefficient (Wildman–Crippen LogP) is 2.39. The number of carbonyl (C=O) groups excluding carboxylic acids is 1. The quantitative estimate of drug-likeness (QED) is 0.494. The Balaban J connectivity index is 1.73. The summed E-state index contributed by atoms with van der Waals surface area (Å²) in [6.45, 7) is 0. The van der Waals surface area contributed by atoms with Gasteiger partial charge in [-0.15, -0.1) is 0 Å². The lowest BCUT2D eigenvalue weighted by atomic mass is 10.1. The molecule has 0 aliphatic rings. The Kier molecular flexibility index (Phi) is 5.43. The van der Waals surface area contributed by atoms with Crippen molar-refractivity contribution < 1.29 is 9.53 Å². The Morgan fingerprint density at radius 3 is 2.85 bits per heavy atom. The smallest absolute Gasteiger partial charge is 0.272 e. The third-order valence-corrected chi connectivity index (χ3v) is 4.18. The molecule has 0 unspecified atom stereocenters. The van der Waals surface area contributed by atoms with Crippen molar-refractivity contribution in [2.75, 3.05) is 7.11 Å². The van der Waals surface area contributed by atoms with E-state index in [0.29, 0.717) is 22.2 Å². The van der Waals surface area contributed by atoms with Crippen LogP contribution in [0.15, 0.2) is 56.8 Å². The van der Waals surface area contributed by atoms with Crippen molar-refractivity contribution in [3.05, 3.63) is 68.5 Å². The van der Waals surface area contributed by atoms with Crippen molar-refractivity contribution in [1.82, 2.24) is 15.6 Å². The minimum absolute atomic E-state index is 0.00967. The zero-order valence-electron chi connectivity index (χ0n) is 13.8. The molecular formula is C18H15BrN4O3.